The molecule has 0 spiro atoms. The van der Waals surface area contributed by atoms with E-state index in [1.807, 2.05) is 0 Å². The van der Waals surface area contributed by atoms with Crippen LogP contribution < -0.4 is 5.56 Å². The fourth-order valence-corrected chi connectivity index (χ4v) is 1.05. The van der Waals surface area contributed by atoms with E-state index in [-0.39, 0.29) is 5.69 Å². The molecule has 13 heavy (non-hydrogen) atoms. The van der Waals surface area contributed by atoms with E-state index in [0.717, 1.165) is 0 Å². The molecule has 6 heteroatoms. The summed E-state index contributed by atoms with van der Waals surface area (Å²) in [5.41, 5.74) is -0.316. The molecule has 6 nitrogen and oxygen atoms in total. The van der Waals surface area contributed by atoms with Crippen molar-refractivity contribution in [3.63, 3.8) is 0 Å². The highest BCUT2D eigenvalue weighted by Gasteiger charge is 2.07. The number of H-pyrrole nitrogens is 1. The molecule has 0 saturated carbocycles. The van der Waals surface area contributed by atoms with Crippen molar-refractivity contribution in [1.82, 2.24) is 14.6 Å². The van der Waals surface area contributed by atoms with E-state index in [0.29, 0.717) is 5.52 Å². The van der Waals surface area contributed by atoms with Crippen molar-refractivity contribution in [2.45, 2.75) is 0 Å². The first kappa shape index (κ1) is 7.53. The van der Waals surface area contributed by atoms with Crippen molar-refractivity contribution in [2.24, 2.45) is 0 Å². The average molecular weight is 179 g/mol. The molecule has 2 aromatic heterocycles. The summed E-state index contributed by atoms with van der Waals surface area (Å²) in [6.45, 7) is 0. The monoisotopic (exact) mass is 179 g/mol. The Kier molecular flexibility index (Phi) is 1.42. The molecular formula is C7H5N3O3. The molecule has 0 atom stereocenters. The maximum atomic E-state index is 11.2. The van der Waals surface area contributed by atoms with Crippen LogP contribution in [0.25, 0.3) is 5.52 Å². The highest BCUT2D eigenvalue weighted by Crippen LogP contribution is 1.96. The zero-order chi connectivity index (χ0) is 9.42. The van der Waals surface area contributed by atoms with Crippen molar-refractivity contribution < 1.29 is 9.90 Å². The van der Waals surface area contributed by atoms with Crippen LogP contribution in [0.15, 0.2) is 23.3 Å². The van der Waals surface area contributed by atoms with Gasteiger partial charge >= 0.3 is 5.97 Å². The zero-order valence-corrected chi connectivity index (χ0v) is 6.39. The van der Waals surface area contributed by atoms with E-state index in [1.165, 1.54) is 23.0 Å². The number of aromatic amines is 1. The third-order valence-electron chi connectivity index (χ3n) is 1.63. The van der Waals surface area contributed by atoms with Crippen LogP contribution in [-0.4, -0.2) is 25.7 Å². The van der Waals surface area contributed by atoms with Gasteiger partial charge in [-0.05, 0) is 6.07 Å². The number of nitrogens with one attached hydrogen (secondary N) is 1. The van der Waals surface area contributed by atoms with Crippen molar-refractivity contribution >= 4 is 11.5 Å². The van der Waals surface area contributed by atoms with Gasteiger partial charge in [-0.3, -0.25) is 4.79 Å². The van der Waals surface area contributed by atoms with Crippen LogP contribution in [0.4, 0.5) is 0 Å². The average Bonchev–Trinajstić information content (AvgIpc) is 2.51. The van der Waals surface area contributed by atoms with Crippen LogP contribution in [0.2, 0.25) is 0 Å². The summed E-state index contributed by atoms with van der Waals surface area (Å²) in [5.74, 6) is -1.19. The molecule has 0 aliphatic heterocycles. The molecule has 0 bridgehead atoms. The third-order valence-corrected chi connectivity index (χ3v) is 1.63. The van der Waals surface area contributed by atoms with Gasteiger partial charge in [0.25, 0.3) is 5.56 Å². The summed E-state index contributed by atoms with van der Waals surface area (Å²) in [6.07, 6.45) is 2.68. The lowest BCUT2D eigenvalue weighted by atomic mass is 10.4. The molecule has 2 rings (SSSR count). The lowest BCUT2D eigenvalue weighted by Crippen LogP contribution is -2.15. The number of aromatic carboxylic acids is 1. The zero-order valence-electron chi connectivity index (χ0n) is 6.39. The number of carboxylic acid groups (broad SMARTS) is 1. The summed E-state index contributed by atoms with van der Waals surface area (Å²) in [7, 11) is 0. The summed E-state index contributed by atoms with van der Waals surface area (Å²) in [4.78, 5) is 23.9. The van der Waals surface area contributed by atoms with E-state index >= 15 is 0 Å². The van der Waals surface area contributed by atoms with Gasteiger partial charge in [-0.15, -0.1) is 0 Å². The molecule has 0 unspecified atom stereocenters. The van der Waals surface area contributed by atoms with Gasteiger partial charge < -0.3 is 10.1 Å². The molecule has 0 fully saturated rings. The molecule has 0 aliphatic rings. The fraction of sp³-hybridized carbons (Fsp3) is 0. The number of carboxylic acids is 1. The van der Waals surface area contributed by atoms with Crippen LogP contribution in [0.5, 0.6) is 0 Å². The van der Waals surface area contributed by atoms with Crippen molar-refractivity contribution in [2.75, 3.05) is 0 Å². The van der Waals surface area contributed by atoms with Gasteiger partial charge in [0.05, 0.1) is 12.4 Å². The van der Waals surface area contributed by atoms with Gasteiger partial charge in [-0.25, -0.2) is 9.31 Å². The van der Waals surface area contributed by atoms with Crippen molar-refractivity contribution in [1.29, 1.82) is 0 Å². The van der Waals surface area contributed by atoms with Gasteiger partial charge in [-0.2, -0.15) is 5.10 Å². The van der Waals surface area contributed by atoms with Crippen molar-refractivity contribution in [3.05, 3.63) is 34.5 Å². The minimum atomic E-state index is -1.19. The molecule has 0 aliphatic carbocycles. The Morgan fingerprint density at radius 3 is 3.08 bits per heavy atom. The summed E-state index contributed by atoms with van der Waals surface area (Å²) < 4.78 is 1.22. The van der Waals surface area contributed by atoms with Crippen LogP contribution in [0.1, 0.15) is 10.5 Å². The number of carbonyl (C=O) groups is 1. The maximum absolute atomic E-state index is 11.2. The minimum Gasteiger partial charge on any atom is -0.477 e. The molecule has 0 radical (unpaired) electrons. The number of aromatic nitrogens is 3. The summed E-state index contributed by atoms with van der Waals surface area (Å²) in [6, 6.07) is 1.50. The first-order valence-electron chi connectivity index (χ1n) is 3.48. The Morgan fingerprint density at radius 1 is 1.62 bits per heavy atom. The smallest absolute Gasteiger partial charge is 0.354 e. The second kappa shape index (κ2) is 2.44. The van der Waals surface area contributed by atoms with Crippen LogP contribution in [0.3, 0.4) is 0 Å². The number of nitrogens with zero attached hydrogens (tertiary/aromatic N) is 2. The Morgan fingerprint density at radius 2 is 2.38 bits per heavy atom. The molecule has 2 aromatic rings. The Bertz CT molecular complexity index is 525. The second-order valence-corrected chi connectivity index (χ2v) is 2.46. The van der Waals surface area contributed by atoms with Crippen molar-refractivity contribution in [3.8, 4) is 0 Å². The Hall–Kier alpha value is -2.11. The molecule has 2 N–H and O–H groups in total. The summed E-state index contributed by atoms with van der Waals surface area (Å²) in [5, 5.41) is 12.4. The van der Waals surface area contributed by atoms with E-state index in [4.69, 9.17) is 5.11 Å². The van der Waals surface area contributed by atoms with E-state index < -0.39 is 11.5 Å². The standard InChI is InChI=1S/C7H5N3O3/c11-6-5-1-2-8-10(5)3-4(9-6)7(12)13/h1-3H,(H,9,11)(H,12,13). The second-order valence-electron chi connectivity index (χ2n) is 2.46. The van der Waals surface area contributed by atoms with Gasteiger partial charge in [0, 0.05) is 0 Å². The normalized spacial score (nSPS) is 10.5. The number of fused-ring (bicyclic) bond motifs is 1. The molecule has 0 amide bonds. The minimum absolute atomic E-state index is 0.179. The Labute approximate surface area is 71.4 Å². The van der Waals surface area contributed by atoms with Crippen LogP contribution in [-0.2, 0) is 0 Å². The SMILES string of the molecule is O=C(O)c1cn2nccc2c(=O)[nH]1. The first-order valence-corrected chi connectivity index (χ1v) is 3.48. The molecule has 0 aromatic carbocycles. The quantitative estimate of drug-likeness (QED) is 0.630. The van der Waals surface area contributed by atoms with Crippen LogP contribution in [0, 0.1) is 0 Å². The van der Waals surface area contributed by atoms with Gasteiger partial charge in [0.2, 0.25) is 0 Å². The fourth-order valence-electron chi connectivity index (χ4n) is 1.05. The van der Waals surface area contributed by atoms with E-state index in [1.54, 1.807) is 0 Å². The molecule has 2 heterocycles. The number of rotatable bonds is 1. The lowest BCUT2D eigenvalue weighted by molar-refractivity contribution is 0.0689. The highest BCUT2D eigenvalue weighted by atomic mass is 16.4. The highest BCUT2D eigenvalue weighted by molar-refractivity contribution is 5.85. The number of hydrogen-bond donors (Lipinski definition) is 2. The Balaban J connectivity index is 2.85. The number of hydrogen-bond acceptors (Lipinski definition) is 3. The topological polar surface area (TPSA) is 87.5 Å². The maximum Gasteiger partial charge on any atom is 0.354 e. The first-order chi connectivity index (χ1) is 6.18. The summed E-state index contributed by atoms with van der Waals surface area (Å²) >= 11 is 0. The van der Waals surface area contributed by atoms with E-state index in [9.17, 15) is 9.59 Å². The lowest BCUT2D eigenvalue weighted by Gasteiger charge is -1.95. The predicted molar refractivity (Wildman–Crippen MR) is 42.8 cm³/mol. The van der Waals surface area contributed by atoms with Gasteiger partial charge in [0.1, 0.15) is 11.2 Å². The molecule has 0 saturated heterocycles. The van der Waals surface area contributed by atoms with Gasteiger partial charge in [0.15, 0.2) is 0 Å². The molecule has 66 valence electrons. The van der Waals surface area contributed by atoms with Crippen LogP contribution >= 0.6 is 0 Å². The predicted octanol–water partition coefficient (Wildman–Crippen LogP) is -0.279. The van der Waals surface area contributed by atoms with Gasteiger partial charge in [-0.1, -0.05) is 0 Å². The third kappa shape index (κ3) is 1.08. The van der Waals surface area contributed by atoms with E-state index in [2.05, 4.69) is 10.1 Å². The molecular weight excluding hydrogens is 174 g/mol. The largest absolute Gasteiger partial charge is 0.477 e.